The summed E-state index contributed by atoms with van der Waals surface area (Å²) in [7, 11) is 1.97. The molecule has 0 saturated carbocycles. The van der Waals surface area contributed by atoms with Crippen molar-refractivity contribution in [2.45, 2.75) is 66.2 Å². The Morgan fingerprint density at radius 3 is 1.25 bits per heavy atom. The molecule has 0 saturated heterocycles. The van der Waals surface area contributed by atoms with E-state index >= 15 is 0 Å². The maximum absolute atomic E-state index is 14.5. The van der Waals surface area contributed by atoms with Crippen LogP contribution in [0.4, 0.5) is 30.6 Å². The normalized spacial score (nSPS) is 12.1. The van der Waals surface area contributed by atoms with Gasteiger partial charge in [-0.25, -0.2) is 28.1 Å². The maximum Gasteiger partial charge on any atom is 0.488 e. The molecule has 0 aliphatic carbocycles. The van der Waals surface area contributed by atoms with Crippen LogP contribution in [0.3, 0.4) is 0 Å². The van der Waals surface area contributed by atoms with Gasteiger partial charge in [-0.15, -0.1) is 0 Å². The number of rotatable bonds is 16. The van der Waals surface area contributed by atoms with E-state index in [4.69, 9.17) is 24.3 Å². The minimum absolute atomic E-state index is 0.233. The number of aryl methyl sites for hydroxylation is 3. The van der Waals surface area contributed by atoms with E-state index in [9.17, 15) is 22.8 Å². The van der Waals surface area contributed by atoms with E-state index in [0.29, 0.717) is 102 Å². The Balaban J connectivity index is 0.000000139. The van der Waals surface area contributed by atoms with Crippen LogP contribution in [0.5, 0.6) is 17.2 Å². The van der Waals surface area contributed by atoms with Crippen molar-refractivity contribution in [3.05, 3.63) is 235 Å². The Labute approximate surface area is 582 Å². The zero-order valence-corrected chi connectivity index (χ0v) is 56.8. The molecule has 6 aromatic heterocycles. The first kappa shape index (κ1) is 70.4. The number of aromatic nitrogens is 9. The van der Waals surface area contributed by atoms with Crippen LogP contribution in [-0.2, 0) is 45.4 Å². The van der Waals surface area contributed by atoms with Crippen LogP contribution in [0.25, 0.3) is 54.6 Å². The van der Waals surface area contributed by atoms with Crippen molar-refractivity contribution in [3.8, 4) is 39.5 Å². The number of pyridine rings is 3. The molecule has 0 spiro atoms. The Morgan fingerprint density at radius 2 is 0.850 bits per heavy atom. The average molecular weight is 1410 g/mol. The topological polar surface area (TPSA) is 292 Å². The second-order valence-electron chi connectivity index (χ2n) is 23.3. The van der Waals surface area contributed by atoms with Crippen molar-refractivity contribution in [1.29, 1.82) is 0 Å². The van der Waals surface area contributed by atoms with E-state index in [0.717, 1.165) is 124 Å². The van der Waals surface area contributed by atoms with Crippen LogP contribution in [0, 0.1) is 38.2 Å². The van der Waals surface area contributed by atoms with Gasteiger partial charge < -0.3 is 51.3 Å². The molecule has 0 amide bonds. The van der Waals surface area contributed by atoms with Gasteiger partial charge in [-0.05, 0) is 133 Å². The molecule has 3 aliphatic rings. The average Bonchev–Trinajstić information content (AvgIpc) is 1.07. The van der Waals surface area contributed by atoms with E-state index in [2.05, 4.69) is 114 Å². The summed E-state index contributed by atoms with van der Waals surface area (Å²) in [4.78, 5) is 35.0. The second kappa shape index (κ2) is 32.6. The zero-order valence-electron chi connectivity index (χ0n) is 55.2. The van der Waals surface area contributed by atoms with Crippen molar-refractivity contribution in [1.82, 2.24) is 50.9 Å². The van der Waals surface area contributed by atoms with E-state index in [1.807, 2.05) is 32.3 Å². The molecule has 6 aromatic carbocycles. The number of hydrogen-bond donors (Lipinski definition) is 7. The number of nitrogens with two attached hydrogens (primary N) is 1. The summed E-state index contributed by atoms with van der Waals surface area (Å²) < 4.78 is 60.7. The molecule has 508 valence electrons. The number of benzene rings is 6. The molecule has 15 rings (SSSR count). The predicted molar refractivity (Wildman–Crippen MR) is 383 cm³/mol. The molecule has 8 N–H and O–H groups in total. The first-order valence-corrected chi connectivity index (χ1v) is 32.7. The van der Waals surface area contributed by atoms with Crippen LogP contribution >= 0.6 is 15.9 Å². The van der Waals surface area contributed by atoms with E-state index in [-0.39, 0.29) is 24.0 Å². The van der Waals surface area contributed by atoms with Crippen LogP contribution in [0.2, 0.25) is 0 Å². The van der Waals surface area contributed by atoms with Crippen molar-refractivity contribution in [3.63, 3.8) is 0 Å². The second-order valence-corrected chi connectivity index (χ2v) is 24.1. The van der Waals surface area contributed by atoms with Crippen molar-refractivity contribution in [2.75, 3.05) is 49.9 Å². The number of nitrogens with one attached hydrogen (secondary N) is 4. The number of carbonyl (C=O) groups is 2. The molecule has 0 atom stereocenters. The number of ether oxygens (including phenoxy) is 3. The zero-order chi connectivity index (χ0) is 70.4. The summed E-state index contributed by atoms with van der Waals surface area (Å²) in [5.41, 5.74) is 18.7. The van der Waals surface area contributed by atoms with Gasteiger partial charge in [0.05, 0.1) is 57.0 Å². The van der Waals surface area contributed by atoms with Crippen LogP contribution < -0.4 is 46.7 Å². The summed E-state index contributed by atoms with van der Waals surface area (Å²) in [6.07, 6.45) is 19.1. The molecule has 12 aromatic rings. The third-order valence-corrected chi connectivity index (χ3v) is 17.8. The predicted octanol–water partition coefficient (Wildman–Crippen LogP) is 11.4. The summed E-state index contributed by atoms with van der Waals surface area (Å²) >= 11 is 3.44. The van der Waals surface area contributed by atoms with Gasteiger partial charge in [-0.3, -0.25) is 9.59 Å². The van der Waals surface area contributed by atoms with Crippen molar-refractivity contribution >= 4 is 90.9 Å². The minimum atomic E-state index is -1.47. The maximum atomic E-state index is 14.5. The standard InChI is InChI=1S/C25H24FN5O.C24H19FN4O2.C16H12BrFN4O.C8H9BO3.CH5N/c1-15-9-16(10-27-2)3-4-17(15)19-11-28-25(22-14-31-30-13-20(19)22)29-12-21-18-7-8-32-24(18)6-5-23(21)26;1-14-8-15(13-30)2-3-16(14)18-9-26-24(21-12-29-28-11-19(18)21)27-10-20-17-6-7-31-23(17)5-4-22(20)25;17-13-8-20-16(12-7-22-21-6-10(12)13)19-5-11-9-3-4-23-15(9)2-1-14(11)18;1-6-4-7(5-10)2-3-8(6)9(11)12;1-2/h3-6,9,11,13-14,27H,7-8,10,12H2,1-2H3,(H,28,29);2-5,8-9,11-13H,6-7,10H2,1H3,(H,26,27);1-2,6-8H,3-5H2,(H,19,20);2-5,11-12H,1H3;2H2,1H3. The lowest BCUT2D eigenvalue weighted by molar-refractivity contribution is 0.111. The molecule has 100 heavy (non-hydrogen) atoms. The monoisotopic (exact) mass is 1410 g/mol. The Hall–Kier alpha value is -10.9. The van der Waals surface area contributed by atoms with E-state index in [1.54, 1.807) is 92.9 Å². The van der Waals surface area contributed by atoms with Gasteiger partial charge >= 0.3 is 7.12 Å². The van der Waals surface area contributed by atoms with Crippen LogP contribution in [0.1, 0.15) is 76.4 Å². The number of anilines is 3. The molecule has 0 radical (unpaired) electrons. The largest absolute Gasteiger partial charge is 0.493 e. The quantitative estimate of drug-likeness (QED) is 0.0349. The number of aldehydes is 2. The lowest BCUT2D eigenvalue weighted by atomic mass is 9.77. The Kier molecular flexibility index (Phi) is 23.0. The number of halogens is 4. The first-order valence-electron chi connectivity index (χ1n) is 31.9. The fraction of sp³-hybridized carbons (Fsp3) is 0.203. The highest BCUT2D eigenvalue weighted by Gasteiger charge is 2.24. The fourth-order valence-corrected chi connectivity index (χ4v) is 12.7. The summed E-state index contributed by atoms with van der Waals surface area (Å²) in [5, 5.41) is 59.8. The summed E-state index contributed by atoms with van der Waals surface area (Å²) in [6, 6.07) is 26.0. The van der Waals surface area contributed by atoms with E-state index < -0.39 is 7.12 Å². The van der Waals surface area contributed by atoms with Crippen LogP contribution in [-0.4, -0.2) is 109 Å². The number of hydrogen-bond acceptors (Lipinski definition) is 21. The minimum Gasteiger partial charge on any atom is -0.493 e. The molecule has 21 nitrogen and oxygen atoms in total. The van der Waals surface area contributed by atoms with Gasteiger partial charge in [-0.1, -0.05) is 48.0 Å². The highest BCUT2D eigenvalue weighted by Crippen LogP contribution is 2.38. The van der Waals surface area contributed by atoms with Gasteiger partial charge in [0, 0.05) is 156 Å². The molecule has 3 aliphatic heterocycles. The van der Waals surface area contributed by atoms with Crippen LogP contribution in [0.15, 0.2) is 151 Å². The smallest absolute Gasteiger partial charge is 0.488 e. The summed E-state index contributed by atoms with van der Waals surface area (Å²) in [6.45, 7) is 9.29. The Bertz CT molecular complexity index is 5000. The molecule has 0 unspecified atom stereocenters. The lowest BCUT2D eigenvalue weighted by Crippen LogP contribution is -2.32. The van der Waals surface area contributed by atoms with Gasteiger partial charge in [0.25, 0.3) is 0 Å². The molecular weight excluding hydrogens is 1340 g/mol. The SMILES string of the molecule is CN.CNCc1ccc(-c2cnc(NCc3c(F)ccc4c3CCO4)c3cnncc23)c(C)c1.Cc1cc(C=O)ccc1-c1cnc(NCc2c(F)ccc3c2CCO3)c2cnncc12.Cc1cc(C=O)ccc1B(O)O.Fc1ccc2c(c1CNc1ncc(Br)c3cnncc13)CCO2. The lowest BCUT2D eigenvalue weighted by Gasteiger charge is -2.15. The molecule has 26 heteroatoms. The molecule has 9 heterocycles. The molecule has 0 bridgehead atoms. The number of fused-ring (bicyclic) bond motifs is 6. The molecule has 0 fully saturated rings. The number of nitrogens with zero attached hydrogens (tertiary/aromatic N) is 9. The van der Waals surface area contributed by atoms with Gasteiger partial charge in [0.2, 0.25) is 0 Å². The van der Waals surface area contributed by atoms with Gasteiger partial charge in [0.1, 0.15) is 64.7 Å². The van der Waals surface area contributed by atoms with E-state index in [1.165, 1.54) is 42.4 Å². The van der Waals surface area contributed by atoms with Gasteiger partial charge in [0.15, 0.2) is 0 Å². The fourth-order valence-electron chi connectivity index (χ4n) is 12.3. The van der Waals surface area contributed by atoms with Crippen molar-refractivity contribution < 1.29 is 47.0 Å². The first-order chi connectivity index (χ1) is 48.7. The van der Waals surface area contributed by atoms with Gasteiger partial charge in [-0.2, -0.15) is 30.6 Å². The van der Waals surface area contributed by atoms with Crippen molar-refractivity contribution in [2.24, 2.45) is 5.73 Å². The highest BCUT2D eigenvalue weighted by atomic mass is 79.9. The highest BCUT2D eigenvalue weighted by molar-refractivity contribution is 9.10. The third kappa shape index (κ3) is 15.7. The Morgan fingerprint density at radius 1 is 0.470 bits per heavy atom. The third-order valence-electron chi connectivity index (χ3n) is 17.2. The molecular formula is C74H69BBrF3N14O7. The number of carbonyl (C=O) groups excluding carboxylic acids is 2. The summed E-state index contributed by atoms with van der Waals surface area (Å²) in [5.74, 6) is 3.44.